The fourth-order valence-corrected chi connectivity index (χ4v) is 3.24. The van der Waals surface area contributed by atoms with Gasteiger partial charge in [-0.05, 0) is 37.0 Å². The number of aromatic nitrogens is 3. The van der Waals surface area contributed by atoms with Gasteiger partial charge in [-0.15, -0.1) is 10.2 Å². The van der Waals surface area contributed by atoms with Crippen LogP contribution in [0.4, 0.5) is 0 Å². The summed E-state index contributed by atoms with van der Waals surface area (Å²) in [6, 6.07) is 8.14. The summed E-state index contributed by atoms with van der Waals surface area (Å²) in [6.07, 6.45) is 2.00. The molecule has 27 heavy (non-hydrogen) atoms. The molecule has 8 heteroatoms. The molecule has 1 heterocycles. The summed E-state index contributed by atoms with van der Waals surface area (Å²) in [5, 5.41) is 11.5. The smallest absolute Gasteiger partial charge is 0.230 e. The molecule has 1 aromatic carbocycles. The minimum Gasteiger partial charge on any atom is -0.486 e. The fraction of sp³-hybridized carbons (Fsp3) is 0.526. The number of benzene rings is 1. The zero-order valence-electron chi connectivity index (χ0n) is 16.4. The average molecular weight is 392 g/mol. The Balaban J connectivity index is 1.84. The molecule has 0 radical (unpaired) electrons. The standard InChI is InChI=1S/C19H29N5O2S/c1-5-6-14(4)21-18(25)12-27-19-23-22-17(24(19)20)11-26-16-9-7-15(8-10-16)13(2)3/h7-10,13-14H,5-6,11-12,20H2,1-4H3,(H,21,25)/t14-/m0/s1. The Bertz CT molecular complexity index is 730. The van der Waals surface area contributed by atoms with Crippen LogP contribution in [0.3, 0.4) is 0 Å². The number of carbonyl (C=O) groups excluding carboxylic acids is 1. The molecule has 1 aromatic heterocycles. The lowest BCUT2D eigenvalue weighted by Gasteiger charge is -2.12. The van der Waals surface area contributed by atoms with Crippen molar-refractivity contribution in [2.45, 2.75) is 64.3 Å². The first-order valence-electron chi connectivity index (χ1n) is 9.25. The molecule has 1 atom stereocenters. The fourth-order valence-electron chi connectivity index (χ4n) is 2.55. The van der Waals surface area contributed by atoms with E-state index in [2.05, 4.69) is 36.3 Å². The molecule has 0 unspecified atom stereocenters. The second-order valence-corrected chi connectivity index (χ2v) is 7.77. The highest BCUT2D eigenvalue weighted by Crippen LogP contribution is 2.20. The number of thioether (sulfide) groups is 1. The van der Waals surface area contributed by atoms with E-state index in [1.165, 1.54) is 22.0 Å². The molecular formula is C19H29N5O2S. The number of hydrogen-bond acceptors (Lipinski definition) is 6. The Labute approximate surface area is 165 Å². The predicted molar refractivity (Wildman–Crippen MR) is 108 cm³/mol. The number of nitrogens with one attached hydrogen (secondary N) is 1. The predicted octanol–water partition coefficient (Wildman–Crippen LogP) is 3.09. The van der Waals surface area contributed by atoms with Crippen LogP contribution in [-0.2, 0) is 11.4 Å². The van der Waals surface area contributed by atoms with Crippen molar-refractivity contribution >= 4 is 17.7 Å². The Morgan fingerprint density at radius 3 is 2.59 bits per heavy atom. The van der Waals surface area contributed by atoms with Crippen LogP contribution < -0.4 is 15.9 Å². The number of nitrogens with zero attached hydrogens (tertiary/aromatic N) is 3. The molecule has 0 fully saturated rings. The Kier molecular flexibility index (Phi) is 7.97. The third kappa shape index (κ3) is 6.46. The minimum atomic E-state index is -0.0352. The molecule has 7 nitrogen and oxygen atoms in total. The Morgan fingerprint density at radius 2 is 1.96 bits per heavy atom. The van der Waals surface area contributed by atoms with Gasteiger partial charge in [0.25, 0.3) is 0 Å². The molecule has 2 rings (SSSR count). The molecule has 0 saturated carbocycles. The van der Waals surface area contributed by atoms with Crippen molar-refractivity contribution in [2.75, 3.05) is 11.6 Å². The highest BCUT2D eigenvalue weighted by atomic mass is 32.2. The molecule has 2 aromatic rings. The minimum absolute atomic E-state index is 0.0352. The number of ether oxygens (including phenoxy) is 1. The van der Waals surface area contributed by atoms with Crippen molar-refractivity contribution in [3.8, 4) is 5.75 Å². The molecule has 1 amide bonds. The van der Waals surface area contributed by atoms with E-state index < -0.39 is 0 Å². The van der Waals surface area contributed by atoms with Crippen molar-refractivity contribution in [3.05, 3.63) is 35.7 Å². The highest BCUT2D eigenvalue weighted by molar-refractivity contribution is 7.99. The van der Waals surface area contributed by atoms with E-state index in [1.807, 2.05) is 31.2 Å². The normalized spacial score (nSPS) is 12.2. The van der Waals surface area contributed by atoms with Crippen molar-refractivity contribution < 1.29 is 9.53 Å². The first kappa shape index (κ1) is 21.1. The number of hydrogen-bond donors (Lipinski definition) is 2. The first-order valence-corrected chi connectivity index (χ1v) is 10.2. The molecule has 0 aliphatic heterocycles. The lowest BCUT2D eigenvalue weighted by molar-refractivity contribution is -0.119. The van der Waals surface area contributed by atoms with Gasteiger partial charge in [-0.1, -0.05) is 51.1 Å². The molecule has 0 spiro atoms. The van der Waals surface area contributed by atoms with E-state index in [9.17, 15) is 4.79 Å². The van der Waals surface area contributed by atoms with Gasteiger partial charge in [0.1, 0.15) is 12.4 Å². The van der Waals surface area contributed by atoms with Crippen molar-refractivity contribution in [1.82, 2.24) is 20.2 Å². The Morgan fingerprint density at radius 1 is 1.26 bits per heavy atom. The van der Waals surface area contributed by atoms with Gasteiger partial charge in [-0.3, -0.25) is 4.79 Å². The third-order valence-corrected chi connectivity index (χ3v) is 5.05. The number of nitrogen functional groups attached to an aromatic ring is 1. The summed E-state index contributed by atoms with van der Waals surface area (Å²) in [4.78, 5) is 12.0. The Hall–Kier alpha value is -2.22. The van der Waals surface area contributed by atoms with Crippen LogP contribution in [0.15, 0.2) is 29.4 Å². The van der Waals surface area contributed by atoms with Gasteiger partial charge in [0, 0.05) is 6.04 Å². The van der Waals surface area contributed by atoms with Crippen LogP contribution in [0.25, 0.3) is 0 Å². The van der Waals surface area contributed by atoms with E-state index in [0.29, 0.717) is 16.9 Å². The lowest BCUT2D eigenvalue weighted by atomic mass is 10.0. The van der Waals surface area contributed by atoms with E-state index in [0.717, 1.165) is 18.6 Å². The zero-order valence-corrected chi connectivity index (χ0v) is 17.3. The summed E-state index contributed by atoms with van der Waals surface area (Å²) in [6.45, 7) is 8.61. The molecule has 3 N–H and O–H groups in total. The second kappa shape index (κ2) is 10.2. The summed E-state index contributed by atoms with van der Waals surface area (Å²) in [5.74, 6) is 7.98. The molecule has 0 bridgehead atoms. The summed E-state index contributed by atoms with van der Waals surface area (Å²) in [5.41, 5.74) is 1.26. The quantitative estimate of drug-likeness (QED) is 0.477. The number of carbonyl (C=O) groups is 1. The van der Waals surface area contributed by atoms with Crippen molar-refractivity contribution in [2.24, 2.45) is 0 Å². The van der Waals surface area contributed by atoms with Gasteiger partial charge in [0.2, 0.25) is 11.1 Å². The van der Waals surface area contributed by atoms with E-state index in [4.69, 9.17) is 10.6 Å². The molecule has 0 aliphatic rings. The summed E-state index contributed by atoms with van der Waals surface area (Å²) in [7, 11) is 0. The lowest BCUT2D eigenvalue weighted by Crippen LogP contribution is -2.33. The van der Waals surface area contributed by atoms with Gasteiger partial charge < -0.3 is 15.9 Å². The number of amides is 1. The molecular weight excluding hydrogens is 362 g/mol. The summed E-state index contributed by atoms with van der Waals surface area (Å²) >= 11 is 1.26. The maximum absolute atomic E-state index is 12.0. The number of nitrogens with two attached hydrogens (primary N) is 1. The maximum Gasteiger partial charge on any atom is 0.230 e. The summed E-state index contributed by atoms with van der Waals surface area (Å²) < 4.78 is 7.11. The van der Waals surface area contributed by atoms with Crippen LogP contribution in [-0.4, -0.2) is 32.6 Å². The van der Waals surface area contributed by atoms with Crippen LogP contribution in [0, 0.1) is 0 Å². The van der Waals surface area contributed by atoms with Crippen molar-refractivity contribution in [3.63, 3.8) is 0 Å². The van der Waals surface area contributed by atoms with E-state index in [-0.39, 0.29) is 24.3 Å². The highest BCUT2D eigenvalue weighted by Gasteiger charge is 2.14. The maximum atomic E-state index is 12.0. The largest absolute Gasteiger partial charge is 0.486 e. The molecule has 0 saturated heterocycles. The van der Waals surface area contributed by atoms with Gasteiger partial charge in [-0.2, -0.15) is 0 Å². The van der Waals surface area contributed by atoms with Gasteiger partial charge in [0.05, 0.1) is 5.75 Å². The zero-order chi connectivity index (χ0) is 19.8. The first-order chi connectivity index (χ1) is 12.9. The van der Waals surface area contributed by atoms with Gasteiger partial charge >= 0.3 is 0 Å². The van der Waals surface area contributed by atoms with Gasteiger partial charge in [0.15, 0.2) is 5.82 Å². The molecule has 0 aliphatic carbocycles. The van der Waals surface area contributed by atoms with Crippen LogP contribution >= 0.6 is 11.8 Å². The number of rotatable bonds is 10. The third-order valence-electron chi connectivity index (χ3n) is 4.11. The van der Waals surface area contributed by atoms with Crippen LogP contribution in [0.2, 0.25) is 0 Å². The molecule has 148 valence electrons. The van der Waals surface area contributed by atoms with E-state index in [1.54, 1.807) is 0 Å². The second-order valence-electron chi connectivity index (χ2n) is 6.83. The van der Waals surface area contributed by atoms with Gasteiger partial charge in [-0.25, -0.2) is 4.68 Å². The monoisotopic (exact) mass is 391 g/mol. The average Bonchev–Trinajstić information content (AvgIpc) is 2.98. The van der Waals surface area contributed by atoms with Crippen LogP contribution in [0.5, 0.6) is 5.75 Å². The van der Waals surface area contributed by atoms with E-state index >= 15 is 0 Å². The SMILES string of the molecule is CCC[C@H](C)NC(=O)CSc1nnc(COc2ccc(C(C)C)cc2)n1N. The van der Waals surface area contributed by atoms with Crippen LogP contribution in [0.1, 0.15) is 57.8 Å². The van der Waals surface area contributed by atoms with Crippen molar-refractivity contribution in [1.29, 1.82) is 0 Å². The topological polar surface area (TPSA) is 95.1 Å².